The van der Waals surface area contributed by atoms with Crippen molar-refractivity contribution in [2.75, 3.05) is 17.2 Å². The van der Waals surface area contributed by atoms with Gasteiger partial charge in [-0.15, -0.1) is 17.9 Å². The number of amides is 3. The van der Waals surface area contributed by atoms with Gasteiger partial charge in [0.25, 0.3) is 5.91 Å². The van der Waals surface area contributed by atoms with Gasteiger partial charge >= 0.3 is 6.03 Å². The number of nitrogens with zero attached hydrogens (tertiary/aromatic N) is 1. The van der Waals surface area contributed by atoms with Crippen LogP contribution in [0.25, 0.3) is 10.6 Å². The third-order valence-corrected chi connectivity index (χ3v) is 5.62. The Morgan fingerprint density at radius 2 is 1.67 bits per heavy atom. The van der Waals surface area contributed by atoms with Crippen molar-refractivity contribution in [1.29, 1.82) is 0 Å². The summed E-state index contributed by atoms with van der Waals surface area (Å²) in [6, 6.07) is 14.9. The third-order valence-electron chi connectivity index (χ3n) is 4.42. The SMILES string of the molecule is C=CCNC(=O)Nc1ccc(NC(=O)c2sc(-c3ccc(CC)cc3)nc2C)cc1. The number of anilines is 2. The van der Waals surface area contributed by atoms with Crippen molar-refractivity contribution in [2.24, 2.45) is 0 Å². The van der Waals surface area contributed by atoms with Crippen LogP contribution >= 0.6 is 11.3 Å². The Labute approximate surface area is 180 Å². The van der Waals surface area contributed by atoms with Gasteiger partial charge in [-0.3, -0.25) is 4.79 Å². The molecule has 30 heavy (non-hydrogen) atoms. The van der Waals surface area contributed by atoms with E-state index < -0.39 is 0 Å². The first-order valence-corrected chi connectivity index (χ1v) is 10.5. The number of hydrogen-bond acceptors (Lipinski definition) is 4. The number of aryl methyl sites for hydroxylation is 2. The number of urea groups is 1. The molecule has 0 radical (unpaired) electrons. The summed E-state index contributed by atoms with van der Waals surface area (Å²) in [7, 11) is 0. The summed E-state index contributed by atoms with van der Waals surface area (Å²) in [5, 5.41) is 9.05. The van der Waals surface area contributed by atoms with Crippen molar-refractivity contribution in [3.63, 3.8) is 0 Å². The normalized spacial score (nSPS) is 10.3. The van der Waals surface area contributed by atoms with Gasteiger partial charge in [0.05, 0.1) is 5.69 Å². The molecule has 0 bridgehead atoms. The van der Waals surface area contributed by atoms with Gasteiger partial charge in [0, 0.05) is 23.5 Å². The molecule has 0 aliphatic rings. The van der Waals surface area contributed by atoms with Crippen molar-refractivity contribution >= 4 is 34.6 Å². The topological polar surface area (TPSA) is 83.1 Å². The van der Waals surface area contributed by atoms with Gasteiger partial charge in [-0.1, -0.05) is 37.3 Å². The van der Waals surface area contributed by atoms with Crippen LogP contribution < -0.4 is 16.0 Å². The van der Waals surface area contributed by atoms with Crippen LogP contribution in [0, 0.1) is 6.92 Å². The average Bonchev–Trinajstić information content (AvgIpc) is 3.15. The molecule has 1 heterocycles. The lowest BCUT2D eigenvalue weighted by Crippen LogP contribution is -2.28. The summed E-state index contributed by atoms with van der Waals surface area (Å²) in [4.78, 5) is 29.5. The molecule has 1 aromatic heterocycles. The molecule has 7 heteroatoms. The number of thiazole rings is 1. The van der Waals surface area contributed by atoms with E-state index in [9.17, 15) is 9.59 Å². The van der Waals surface area contributed by atoms with E-state index >= 15 is 0 Å². The first kappa shape index (κ1) is 21.3. The fourth-order valence-electron chi connectivity index (χ4n) is 2.78. The van der Waals surface area contributed by atoms with Gasteiger partial charge in [0.2, 0.25) is 0 Å². The highest BCUT2D eigenvalue weighted by molar-refractivity contribution is 7.17. The molecule has 0 unspecified atom stereocenters. The lowest BCUT2D eigenvalue weighted by atomic mass is 10.1. The minimum Gasteiger partial charge on any atom is -0.334 e. The van der Waals surface area contributed by atoms with E-state index in [4.69, 9.17) is 0 Å². The minimum absolute atomic E-state index is 0.203. The van der Waals surface area contributed by atoms with E-state index in [1.54, 1.807) is 30.3 Å². The predicted molar refractivity (Wildman–Crippen MR) is 123 cm³/mol. The highest BCUT2D eigenvalue weighted by Crippen LogP contribution is 2.29. The van der Waals surface area contributed by atoms with E-state index in [-0.39, 0.29) is 11.9 Å². The Morgan fingerprint density at radius 3 is 2.27 bits per heavy atom. The maximum atomic E-state index is 12.7. The quantitative estimate of drug-likeness (QED) is 0.457. The molecule has 0 atom stereocenters. The van der Waals surface area contributed by atoms with Crippen LogP contribution in [0.5, 0.6) is 0 Å². The maximum absolute atomic E-state index is 12.7. The number of benzene rings is 2. The largest absolute Gasteiger partial charge is 0.334 e. The summed E-state index contributed by atoms with van der Waals surface area (Å²) < 4.78 is 0. The second kappa shape index (κ2) is 9.84. The van der Waals surface area contributed by atoms with Crippen LogP contribution in [0.4, 0.5) is 16.2 Å². The molecule has 6 nitrogen and oxygen atoms in total. The molecular weight excluding hydrogens is 396 g/mol. The van der Waals surface area contributed by atoms with Gasteiger partial charge in [0.15, 0.2) is 0 Å². The Kier molecular flexibility index (Phi) is 6.98. The summed E-state index contributed by atoms with van der Waals surface area (Å²) >= 11 is 1.38. The van der Waals surface area contributed by atoms with Crippen molar-refractivity contribution in [3.05, 3.63) is 77.3 Å². The number of carbonyl (C=O) groups excluding carboxylic acids is 2. The lowest BCUT2D eigenvalue weighted by molar-refractivity contribution is 0.103. The molecule has 0 aliphatic carbocycles. The van der Waals surface area contributed by atoms with Gasteiger partial charge in [-0.05, 0) is 43.2 Å². The Bertz CT molecular complexity index is 1040. The number of rotatable bonds is 7. The van der Waals surface area contributed by atoms with Crippen LogP contribution in [0.3, 0.4) is 0 Å². The second-order valence-electron chi connectivity index (χ2n) is 6.64. The standard InChI is InChI=1S/C23H24N4O2S/c1-4-14-24-23(29)27-19-12-10-18(11-13-19)26-21(28)20-15(3)25-22(30-20)17-8-6-16(5-2)7-9-17/h4,6-13H,1,5,14H2,2-3H3,(H,26,28)(H2,24,27,29). The molecule has 0 aliphatic heterocycles. The van der Waals surface area contributed by atoms with Crippen molar-refractivity contribution < 1.29 is 9.59 Å². The van der Waals surface area contributed by atoms with Gasteiger partial charge in [0.1, 0.15) is 9.88 Å². The third kappa shape index (κ3) is 5.33. The molecule has 3 rings (SSSR count). The Morgan fingerprint density at radius 1 is 1.03 bits per heavy atom. The van der Waals surface area contributed by atoms with E-state index in [0.29, 0.717) is 28.5 Å². The Hall–Kier alpha value is -3.45. The van der Waals surface area contributed by atoms with Crippen LogP contribution in [-0.4, -0.2) is 23.5 Å². The fourth-order valence-corrected chi connectivity index (χ4v) is 3.75. The maximum Gasteiger partial charge on any atom is 0.319 e. The average molecular weight is 421 g/mol. The van der Waals surface area contributed by atoms with Crippen LogP contribution in [0.1, 0.15) is 27.9 Å². The molecule has 0 saturated carbocycles. The summed E-state index contributed by atoms with van der Waals surface area (Å²) in [5.41, 5.74) is 4.23. The first-order chi connectivity index (χ1) is 14.5. The zero-order chi connectivity index (χ0) is 21.5. The van der Waals surface area contributed by atoms with Crippen molar-refractivity contribution in [2.45, 2.75) is 20.3 Å². The zero-order valence-electron chi connectivity index (χ0n) is 17.0. The van der Waals surface area contributed by atoms with Gasteiger partial charge in [-0.25, -0.2) is 9.78 Å². The molecule has 3 N–H and O–H groups in total. The fraction of sp³-hybridized carbons (Fsp3) is 0.174. The van der Waals surface area contributed by atoms with Crippen LogP contribution in [-0.2, 0) is 6.42 Å². The number of hydrogen-bond donors (Lipinski definition) is 3. The molecule has 2 aromatic carbocycles. The van der Waals surface area contributed by atoms with Crippen LogP contribution in [0.2, 0.25) is 0 Å². The number of nitrogens with one attached hydrogen (secondary N) is 3. The highest BCUT2D eigenvalue weighted by atomic mass is 32.1. The molecule has 3 aromatic rings. The van der Waals surface area contributed by atoms with Crippen molar-refractivity contribution in [1.82, 2.24) is 10.3 Å². The summed E-state index contributed by atoms with van der Waals surface area (Å²) in [5.74, 6) is -0.203. The van der Waals surface area contributed by atoms with E-state index in [0.717, 1.165) is 17.0 Å². The van der Waals surface area contributed by atoms with E-state index in [1.807, 2.05) is 19.1 Å². The molecule has 0 fully saturated rings. The zero-order valence-corrected chi connectivity index (χ0v) is 17.8. The second-order valence-corrected chi connectivity index (χ2v) is 7.64. The summed E-state index contributed by atoms with van der Waals surface area (Å²) in [6.07, 6.45) is 2.59. The molecular formula is C23H24N4O2S. The number of aromatic nitrogens is 1. The molecule has 154 valence electrons. The highest BCUT2D eigenvalue weighted by Gasteiger charge is 2.16. The molecule has 3 amide bonds. The monoisotopic (exact) mass is 420 g/mol. The molecule has 0 saturated heterocycles. The predicted octanol–water partition coefficient (Wildman–Crippen LogP) is 5.24. The van der Waals surface area contributed by atoms with Gasteiger partial charge in [-0.2, -0.15) is 0 Å². The minimum atomic E-state index is -0.313. The molecule has 0 spiro atoms. The lowest BCUT2D eigenvalue weighted by Gasteiger charge is -2.08. The van der Waals surface area contributed by atoms with E-state index in [1.165, 1.54) is 16.9 Å². The summed E-state index contributed by atoms with van der Waals surface area (Å²) in [6.45, 7) is 7.89. The van der Waals surface area contributed by atoms with Crippen molar-refractivity contribution in [3.8, 4) is 10.6 Å². The van der Waals surface area contributed by atoms with E-state index in [2.05, 4.69) is 46.6 Å². The van der Waals surface area contributed by atoms with Gasteiger partial charge < -0.3 is 16.0 Å². The first-order valence-electron chi connectivity index (χ1n) is 9.64. The Balaban J connectivity index is 1.66. The van der Waals surface area contributed by atoms with Crippen LogP contribution in [0.15, 0.2) is 61.2 Å². The smallest absolute Gasteiger partial charge is 0.319 e. The number of carbonyl (C=O) groups is 2.